The molecule has 3 rings (SSSR count). The SMILES string of the molecule is N#Cc1ccc(Nc2cc3c(cc2N)OCCO3)cc1. The molecule has 0 aromatic heterocycles. The van der Waals surface area contributed by atoms with E-state index < -0.39 is 0 Å². The summed E-state index contributed by atoms with van der Waals surface area (Å²) in [7, 11) is 0. The Morgan fingerprint density at radius 3 is 2.35 bits per heavy atom. The molecule has 0 saturated heterocycles. The van der Waals surface area contributed by atoms with E-state index in [1.165, 1.54) is 0 Å². The van der Waals surface area contributed by atoms with Gasteiger partial charge >= 0.3 is 0 Å². The number of hydrogen-bond donors (Lipinski definition) is 2. The maximum atomic E-state index is 8.77. The molecule has 0 bridgehead atoms. The van der Waals surface area contributed by atoms with Gasteiger partial charge in [0.25, 0.3) is 0 Å². The fourth-order valence-electron chi connectivity index (χ4n) is 2.00. The Morgan fingerprint density at radius 2 is 1.70 bits per heavy atom. The summed E-state index contributed by atoms with van der Waals surface area (Å²) in [6.45, 7) is 1.07. The zero-order chi connectivity index (χ0) is 13.9. The quantitative estimate of drug-likeness (QED) is 0.818. The molecule has 0 saturated carbocycles. The van der Waals surface area contributed by atoms with E-state index in [4.69, 9.17) is 20.5 Å². The molecule has 3 N–H and O–H groups in total. The monoisotopic (exact) mass is 267 g/mol. The normalized spacial score (nSPS) is 12.6. The van der Waals surface area contributed by atoms with Crippen LogP contribution in [0.5, 0.6) is 11.5 Å². The smallest absolute Gasteiger partial charge is 0.163 e. The van der Waals surface area contributed by atoms with Gasteiger partial charge in [0.1, 0.15) is 13.2 Å². The number of nitrogen functional groups attached to an aromatic ring is 1. The molecule has 0 amide bonds. The van der Waals surface area contributed by atoms with Gasteiger partial charge in [0.05, 0.1) is 23.0 Å². The second kappa shape index (κ2) is 5.02. The Balaban J connectivity index is 1.88. The first-order chi connectivity index (χ1) is 9.76. The van der Waals surface area contributed by atoms with Crippen LogP contribution in [0.15, 0.2) is 36.4 Å². The standard InChI is InChI=1S/C15H13N3O2/c16-9-10-1-3-11(4-2-10)18-13-8-15-14(7-12(13)17)19-5-6-20-15/h1-4,7-8,18H,5-6,17H2. The Labute approximate surface area is 116 Å². The zero-order valence-corrected chi connectivity index (χ0v) is 10.7. The van der Waals surface area contributed by atoms with Crippen LogP contribution in [0.1, 0.15) is 5.56 Å². The van der Waals surface area contributed by atoms with Crippen molar-refractivity contribution in [1.29, 1.82) is 5.26 Å². The fourth-order valence-corrected chi connectivity index (χ4v) is 2.00. The van der Waals surface area contributed by atoms with E-state index in [2.05, 4.69) is 11.4 Å². The Kier molecular flexibility index (Phi) is 3.05. The molecular weight excluding hydrogens is 254 g/mol. The van der Waals surface area contributed by atoms with Crippen LogP contribution in [0.2, 0.25) is 0 Å². The number of ether oxygens (including phenoxy) is 2. The van der Waals surface area contributed by atoms with Crippen LogP contribution < -0.4 is 20.5 Å². The lowest BCUT2D eigenvalue weighted by atomic mass is 10.2. The topological polar surface area (TPSA) is 80.3 Å². The van der Waals surface area contributed by atoms with Crippen molar-refractivity contribution in [1.82, 2.24) is 0 Å². The zero-order valence-electron chi connectivity index (χ0n) is 10.7. The average Bonchev–Trinajstić information content (AvgIpc) is 2.49. The second-order valence-corrected chi connectivity index (χ2v) is 4.40. The van der Waals surface area contributed by atoms with Crippen molar-refractivity contribution in [3.8, 4) is 17.6 Å². The summed E-state index contributed by atoms with van der Waals surface area (Å²) in [6, 6.07) is 12.8. The van der Waals surface area contributed by atoms with Gasteiger partial charge < -0.3 is 20.5 Å². The number of nitrogens with one attached hydrogen (secondary N) is 1. The second-order valence-electron chi connectivity index (χ2n) is 4.40. The van der Waals surface area contributed by atoms with Crippen molar-refractivity contribution in [2.45, 2.75) is 0 Å². The van der Waals surface area contributed by atoms with Gasteiger partial charge in [0, 0.05) is 17.8 Å². The van der Waals surface area contributed by atoms with Crippen LogP contribution in [-0.4, -0.2) is 13.2 Å². The highest BCUT2D eigenvalue weighted by Gasteiger charge is 2.14. The molecule has 1 aliphatic rings. The molecule has 1 aliphatic heterocycles. The minimum absolute atomic E-state index is 0.535. The van der Waals surface area contributed by atoms with Crippen LogP contribution in [0.3, 0.4) is 0 Å². The number of fused-ring (bicyclic) bond motifs is 1. The van der Waals surface area contributed by atoms with Gasteiger partial charge in [-0.05, 0) is 24.3 Å². The average molecular weight is 267 g/mol. The van der Waals surface area contributed by atoms with Gasteiger partial charge in [-0.2, -0.15) is 5.26 Å². The summed E-state index contributed by atoms with van der Waals surface area (Å²) < 4.78 is 11.0. The number of anilines is 3. The maximum absolute atomic E-state index is 8.77. The van der Waals surface area contributed by atoms with Crippen molar-refractivity contribution in [2.75, 3.05) is 24.3 Å². The fraction of sp³-hybridized carbons (Fsp3) is 0.133. The molecule has 100 valence electrons. The summed E-state index contributed by atoms with van der Waals surface area (Å²) in [5.41, 5.74) is 8.80. The Hall–Kier alpha value is -2.87. The Bertz CT molecular complexity index is 675. The number of rotatable bonds is 2. The molecular formula is C15H13N3O2. The van der Waals surface area contributed by atoms with E-state index in [0.717, 1.165) is 11.4 Å². The van der Waals surface area contributed by atoms with Gasteiger partial charge in [-0.1, -0.05) is 0 Å². The third kappa shape index (κ3) is 2.31. The van der Waals surface area contributed by atoms with Crippen molar-refractivity contribution < 1.29 is 9.47 Å². The van der Waals surface area contributed by atoms with Gasteiger partial charge in [-0.15, -0.1) is 0 Å². The summed E-state index contributed by atoms with van der Waals surface area (Å²) in [5.74, 6) is 1.35. The molecule has 0 spiro atoms. The first-order valence-corrected chi connectivity index (χ1v) is 6.22. The highest BCUT2D eigenvalue weighted by atomic mass is 16.6. The van der Waals surface area contributed by atoms with E-state index in [-0.39, 0.29) is 0 Å². The summed E-state index contributed by atoms with van der Waals surface area (Å²) in [6.07, 6.45) is 0. The lowest BCUT2D eigenvalue weighted by Crippen LogP contribution is -2.15. The van der Waals surface area contributed by atoms with Crippen LogP contribution in [0.25, 0.3) is 0 Å². The van der Waals surface area contributed by atoms with E-state index in [1.807, 2.05) is 18.2 Å². The highest BCUT2D eigenvalue weighted by molar-refractivity contribution is 5.76. The molecule has 20 heavy (non-hydrogen) atoms. The molecule has 2 aromatic carbocycles. The van der Waals surface area contributed by atoms with Crippen LogP contribution in [-0.2, 0) is 0 Å². The minimum atomic E-state index is 0.535. The van der Waals surface area contributed by atoms with Crippen molar-refractivity contribution >= 4 is 17.1 Å². The predicted molar refractivity (Wildman–Crippen MR) is 76.3 cm³/mol. The number of benzene rings is 2. The van der Waals surface area contributed by atoms with Crippen LogP contribution in [0, 0.1) is 11.3 Å². The molecule has 0 unspecified atom stereocenters. The van der Waals surface area contributed by atoms with E-state index in [9.17, 15) is 0 Å². The molecule has 1 heterocycles. The van der Waals surface area contributed by atoms with Gasteiger partial charge in [-0.25, -0.2) is 0 Å². The molecule has 0 radical (unpaired) electrons. The first kappa shape index (κ1) is 12.2. The van der Waals surface area contributed by atoms with E-state index in [1.54, 1.807) is 18.2 Å². The van der Waals surface area contributed by atoms with Crippen molar-refractivity contribution in [2.24, 2.45) is 0 Å². The highest BCUT2D eigenvalue weighted by Crippen LogP contribution is 2.38. The van der Waals surface area contributed by atoms with Gasteiger partial charge in [0.2, 0.25) is 0 Å². The summed E-state index contributed by atoms with van der Waals surface area (Å²) in [4.78, 5) is 0. The molecule has 0 fully saturated rings. The largest absolute Gasteiger partial charge is 0.486 e. The molecule has 5 nitrogen and oxygen atoms in total. The predicted octanol–water partition coefficient (Wildman–Crippen LogP) is 2.66. The van der Waals surface area contributed by atoms with Crippen molar-refractivity contribution in [3.63, 3.8) is 0 Å². The van der Waals surface area contributed by atoms with Crippen LogP contribution >= 0.6 is 0 Å². The molecule has 5 heteroatoms. The third-order valence-electron chi connectivity index (χ3n) is 3.01. The first-order valence-electron chi connectivity index (χ1n) is 6.22. The Morgan fingerprint density at radius 1 is 1.05 bits per heavy atom. The molecule has 2 aromatic rings. The number of nitrogens with two attached hydrogens (primary N) is 1. The molecule has 0 atom stereocenters. The third-order valence-corrected chi connectivity index (χ3v) is 3.01. The lowest BCUT2D eigenvalue weighted by molar-refractivity contribution is 0.172. The minimum Gasteiger partial charge on any atom is -0.486 e. The van der Waals surface area contributed by atoms with E-state index in [0.29, 0.717) is 36.0 Å². The number of nitrogens with zero attached hydrogens (tertiary/aromatic N) is 1. The summed E-state index contributed by atoms with van der Waals surface area (Å²) >= 11 is 0. The van der Waals surface area contributed by atoms with Gasteiger partial charge in [0.15, 0.2) is 11.5 Å². The van der Waals surface area contributed by atoms with E-state index >= 15 is 0 Å². The lowest BCUT2D eigenvalue weighted by Gasteiger charge is -2.20. The summed E-state index contributed by atoms with van der Waals surface area (Å²) in [5, 5.41) is 12.0. The van der Waals surface area contributed by atoms with Crippen LogP contribution in [0.4, 0.5) is 17.1 Å². The number of nitriles is 1. The van der Waals surface area contributed by atoms with Crippen molar-refractivity contribution in [3.05, 3.63) is 42.0 Å². The van der Waals surface area contributed by atoms with Gasteiger partial charge in [-0.3, -0.25) is 0 Å². The maximum Gasteiger partial charge on any atom is 0.163 e. The molecule has 0 aliphatic carbocycles. The number of hydrogen-bond acceptors (Lipinski definition) is 5.